The zero-order chi connectivity index (χ0) is 23.2. The van der Waals surface area contributed by atoms with Crippen molar-refractivity contribution < 1.29 is 17.9 Å². The van der Waals surface area contributed by atoms with Crippen LogP contribution in [0.1, 0.15) is 27.9 Å². The molecule has 0 saturated carbocycles. The van der Waals surface area contributed by atoms with Gasteiger partial charge in [0.2, 0.25) is 0 Å². The third kappa shape index (κ3) is 5.79. The number of ether oxygens (including phenoxy) is 1. The van der Waals surface area contributed by atoms with E-state index in [1.165, 1.54) is 24.3 Å². The third-order valence-electron chi connectivity index (χ3n) is 5.39. The Bertz CT molecular complexity index is 1310. The van der Waals surface area contributed by atoms with Gasteiger partial charge >= 0.3 is 0 Å². The first-order valence-electron chi connectivity index (χ1n) is 10.6. The summed E-state index contributed by atoms with van der Waals surface area (Å²) in [5, 5.41) is 1.54. The van der Waals surface area contributed by atoms with Crippen LogP contribution in [-0.4, -0.2) is 18.7 Å². The second-order valence-electron chi connectivity index (χ2n) is 7.79. The molecule has 0 amide bonds. The monoisotopic (exact) mass is 445 g/mol. The van der Waals surface area contributed by atoms with E-state index in [1.54, 1.807) is 37.6 Å². The Morgan fingerprint density at radius 2 is 1.52 bits per heavy atom. The van der Waals surface area contributed by atoms with Gasteiger partial charge < -0.3 is 4.74 Å². The molecule has 5 heteroatoms. The highest BCUT2D eigenvalue weighted by Crippen LogP contribution is 2.19. The van der Waals surface area contributed by atoms with E-state index in [0.717, 1.165) is 28.5 Å². The number of aromatic nitrogens is 1. The zero-order valence-corrected chi connectivity index (χ0v) is 18.2. The van der Waals surface area contributed by atoms with E-state index in [0.29, 0.717) is 30.6 Å². The van der Waals surface area contributed by atoms with Crippen LogP contribution >= 0.6 is 0 Å². The molecule has 1 aromatic heterocycles. The van der Waals surface area contributed by atoms with E-state index in [-0.39, 0.29) is 11.4 Å². The third-order valence-corrected chi connectivity index (χ3v) is 5.39. The second-order valence-corrected chi connectivity index (χ2v) is 7.79. The molecule has 0 aliphatic carbocycles. The summed E-state index contributed by atoms with van der Waals surface area (Å²) in [6.07, 6.45) is 3.64. The highest BCUT2D eigenvalue weighted by Gasteiger charge is 2.10. The predicted octanol–water partition coefficient (Wildman–Crippen LogP) is 6.03. The Labute approximate surface area is 191 Å². The molecule has 0 aliphatic heterocycles. The lowest BCUT2D eigenvalue weighted by Crippen LogP contribution is -2.00. The van der Waals surface area contributed by atoms with Gasteiger partial charge in [0.1, 0.15) is 17.5 Å². The van der Waals surface area contributed by atoms with Gasteiger partial charge in [-0.15, -0.1) is 0 Å². The molecule has 4 aromatic rings. The van der Waals surface area contributed by atoms with Crippen molar-refractivity contribution in [1.29, 1.82) is 0 Å². The minimum atomic E-state index is -0.691. The molecule has 0 saturated heterocycles. The summed E-state index contributed by atoms with van der Waals surface area (Å²) in [5.74, 6) is 3.70. The van der Waals surface area contributed by atoms with Crippen LogP contribution < -0.4 is 0 Å². The minimum absolute atomic E-state index is 0.265. The zero-order valence-electron chi connectivity index (χ0n) is 18.2. The molecule has 4 rings (SSSR count). The molecule has 0 bridgehead atoms. The van der Waals surface area contributed by atoms with Crippen LogP contribution in [0.4, 0.5) is 13.2 Å². The molecule has 0 radical (unpaired) electrons. The average molecular weight is 445 g/mol. The van der Waals surface area contributed by atoms with Gasteiger partial charge in [0.05, 0.1) is 12.2 Å². The minimum Gasteiger partial charge on any atom is -0.384 e. The van der Waals surface area contributed by atoms with Crippen molar-refractivity contribution >= 4 is 10.8 Å². The standard InChI is InChI=1S/C28H22F3NO/c1-33-13-12-20-3-9-25(32-18-20)10-4-21-15-27(30)26(28(31)16-21)11-5-19-2-6-23-17-24(29)8-7-22(23)14-19/h2-3,6-9,14-18H,4,10,12-13H2,1H3. The number of rotatable bonds is 6. The molecule has 1 heterocycles. The quantitative estimate of drug-likeness (QED) is 0.338. The molecule has 0 atom stereocenters. The van der Waals surface area contributed by atoms with Gasteiger partial charge in [-0.2, -0.15) is 0 Å². The summed E-state index contributed by atoms with van der Waals surface area (Å²) in [6, 6.07) is 16.2. The molecule has 33 heavy (non-hydrogen) atoms. The van der Waals surface area contributed by atoms with Gasteiger partial charge in [-0.3, -0.25) is 4.98 Å². The van der Waals surface area contributed by atoms with Crippen LogP contribution in [-0.2, 0) is 24.0 Å². The molecule has 0 aliphatic rings. The number of fused-ring (bicyclic) bond motifs is 1. The average Bonchev–Trinajstić information content (AvgIpc) is 2.81. The topological polar surface area (TPSA) is 22.1 Å². The Balaban J connectivity index is 1.46. The number of benzene rings is 3. The Hall–Kier alpha value is -3.62. The van der Waals surface area contributed by atoms with Crippen molar-refractivity contribution in [3.05, 3.63) is 112 Å². The smallest absolute Gasteiger partial charge is 0.142 e. The van der Waals surface area contributed by atoms with Gasteiger partial charge in [-0.05, 0) is 83.6 Å². The molecule has 0 fully saturated rings. The number of aryl methyl sites for hydroxylation is 2. The van der Waals surface area contributed by atoms with Gasteiger partial charge in [0.25, 0.3) is 0 Å². The predicted molar refractivity (Wildman–Crippen MR) is 123 cm³/mol. The fourth-order valence-electron chi connectivity index (χ4n) is 3.56. The Morgan fingerprint density at radius 3 is 2.24 bits per heavy atom. The highest BCUT2D eigenvalue weighted by atomic mass is 19.1. The van der Waals surface area contributed by atoms with Crippen LogP contribution in [0.5, 0.6) is 0 Å². The molecule has 166 valence electrons. The maximum Gasteiger partial charge on any atom is 0.142 e. The van der Waals surface area contributed by atoms with Gasteiger partial charge in [-0.1, -0.05) is 30.0 Å². The molecule has 3 aromatic carbocycles. The molecular weight excluding hydrogens is 423 g/mol. The first kappa shape index (κ1) is 22.6. The van der Waals surface area contributed by atoms with Gasteiger partial charge in [-0.25, -0.2) is 13.2 Å². The maximum atomic E-state index is 14.6. The van der Waals surface area contributed by atoms with Gasteiger partial charge in [0.15, 0.2) is 0 Å². The molecular formula is C28H22F3NO. The summed E-state index contributed by atoms with van der Waals surface area (Å²) in [6.45, 7) is 0.635. The normalized spacial score (nSPS) is 10.8. The lowest BCUT2D eigenvalue weighted by Gasteiger charge is -2.06. The maximum absolute atomic E-state index is 14.6. The van der Waals surface area contributed by atoms with Crippen molar-refractivity contribution in [2.75, 3.05) is 13.7 Å². The Kier molecular flexibility index (Phi) is 7.07. The van der Waals surface area contributed by atoms with E-state index in [2.05, 4.69) is 16.8 Å². The summed E-state index contributed by atoms with van der Waals surface area (Å²) >= 11 is 0. The van der Waals surface area contributed by atoms with Crippen LogP contribution in [0.3, 0.4) is 0 Å². The lowest BCUT2D eigenvalue weighted by atomic mass is 10.0. The van der Waals surface area contributed by atoms with Crippen molar-refractivity contribution in [1.82, 2.24) is 4.98 Å². The molecule has 0 unspecified atom stereocenters. The number of hydrogen-bond donors (Lipinski definition) is 0. The van der Waals surface area contributed by atoms with Crippen LogP contribution in [0.2, 0.25) is 0 Å². The van der Waals surface area contributed by atoms with E-state index in [4.69, 9.17) is 4.74 Å². The first-order valence-corrected chi connectivity index (χ1v) is 10.6. The van der Waals surface area contributed by atoms with E-state index >= 15 is 0 Å². The summed E-state index contributed by atoms with van der Waals surface area (Å²) in [4.78, 5) is 4.41. The Morgan fingerprint density at radius 1 is 0.758 bits per heavy atom. The summed E-state index contributed by atoms with van der Waals surface area (Å²) < 4.78 is 47.6. The lowest BCUT2D eigenvalue weighted by molar-refractivity contribution is 0.202. The van der Waals surface area contributed by atoms with Crippen LogP contribution in [0.25, 0.3) is 10.8 Å². The van der Waals surface area contributed by atoms with E-state index < -0.39 is 11.6 Å². The second kappa shape index (κ2) is 10.3. The van der Waals surface area contributed by atoms with Crippen molar-refractivity contribution in [3.8, 4) is 11.8 Å². The summed E-state index contributed by atoms with van der Waals surface area (Å²) in [5.41, 5.74) is 2.82. The van der Waals surface area contributed by atoms with Crippen LogP contribution in [0, 0.1) is 29.3 Å². The number of hydrogen-bond acceptors (Lipinski definition) is 2. The van der Waals surface area contributed by atoms with Crippen molar-refractivity contribution in [2.24, 2.45) is 0 Å². The van der Waals surface area contributed by atoms with E-state index in [1.807, 2.05) is 12.1 Å². The molecule has 0 spiro atoms. The van der Waals surface area contributed by atoms with Crippen molar-refractivity contribution in [2.45, 2.75) is 19.3 Å². The largest absolute Gasteiger partial charge is 0.384 e. The number of halogens is 3. The highest BCUT2D eigenvalue weighted by molar-refractivity contribution is 5.84. The SMILES string of the molecule is COCCc1ccc(CCc2cc(F)c(C#Cc3ccc4cc(F)ccc4c3)c(F)c2)nc1. The number of nitrogens with zero attached hydrogens (tertiary/aromatic N) is 1. The first-order chi connectivity index (χ1) is 16.0. The van der Waals surface area contributed by atoms with Crippen LogP contribution in [0.15, 0.2) is 66.9 Å². The fourth-order valence-corrected chi connectivity index (χ4v) is 3.56. The number of pyridine rings is 1. The number of methoxy groups -OCH3 is 1. The van der Waals surface area contributed by atoms with Gasteiger partial charge in [0, 0.05) is 24.6 Å². The summed E-state index contributed by atoms with van der Waals surface area (Å²) in [7, 11) is 1.66. The molecule has 0 N–H and O–H groups in total. The van der Waals surface area contributed by atoms with E-state index in [9.17, 15) is 13.2 Å². The fraction of sp³-hybridized carbons (Fsp3) is 0.179. The van der Waals surface area contributed by atoms with Crippen molar-refractivity contribution in [3.63, 3.8) is 0 Å². The molecule has 2 nitrogen and oxygen atoms in total.